The second kappa shape index (κ2) is 5.77. The van der Waals surface area contributed by atoms with Crippen LogP contribution in [0.1, 0.15) is 28.4 Å². The number of carbonyl (C=O) groups excluding carboxylic acids is 1. The van der Waals surface area contributed by atoms with Crippen molar-refractivity contribution in [3.8, 4) is 11.5 Å². The molecule has 3 rings (SSSR count). The quantitative estimate of drug-likeness (QED) is 0.875. The zero-order valence-corrected chi connectivity index (χ0v) is 12.8. The van der Waals surface area contributed by atoms with E-state index in [2.05, 4.69) is 21.2 Å². The fourth-order valence-corrected chi connectivity index (χ4v) is 2.63. The summed E-state index contributed by atoms with van der Waals surface area (Å²) in [6.07, 6.45) is 0.727. The summed E-state index contributed by atoms with van der Waals surface area (Å²) >= 11 is 3.20. The first-order valence-corrected chi connectivity index (χ1v) is 7.45. The maximum absolute atomic E-state index is 12.3. The number of fused-ring (bicyclic) bond motifs is 1. The van der Waals surface area contributed by atoms with Gasteiger partial charge in [-0.2, -0.15) is 0 Å². The van der Waals surface area contributed by atoms with Gasteiger partial charge >= 0.3 is 0 Å². The predicted octanol–water partition coefficient (Wildman–Crippen LogP) is 3.41. The minimum absolute atomic E-state index is 0.0510. The summed E-state index contributed by atoms with van der Waals surface area (Å²) in [5, 5.41) is 12.7. The van der Waals surface area contributed by atoms with Crippen molar-refractivity contribution >= 4 is 21.8 Å². The Morgan fingerprint density at radius 3 is 2.90 bits per heavy atom. The number of nitrogens with one attached hydrogen (secondary N) is 1. The van der Waals surface area contributed by atoms with Crippen LogP contribution in [0.5, 0.6) is 11.5 Å². The summed E-state index contributed by atoms with van der Waals surface area (Å²) in [5.74, 6) is 0.655. The van der Waals surface area contributed by atoms with E-state index in [9.17, 15) is 9.90 Å². The summed E-state index contributed by atoms with van der Waals surface area (Å²) in [7, 11) is 0. The van der Waals surface area contributed by atoms with Crippen molar-refractivity contribution in [1.29, 1.82) is 0 Å². The number of hydrogen-bond donors (Lipinski definition) is 2. The van der Waals surface area contributed by atoms with Crippen LogP contribution in [0.4, 0.5) is 0 Å². The van der Waals surface area contributed by atoms with Crippen LogP contribution in [-0.4, -0.2) is 17.6 Å². The van der Waals surface area contributed by atoms with Crippen LogP contribution < -0.4 is 10.1 Å². The SMILES string of the molecule is O=C(NC1CCOc2ccccc21)c1ccc(Br)c(O)c1. The Morgan fingerprint density at radius 1 is 1.29 bits per heavy atom. The number of carbonyl (C=O) groups is 1. The van der Waals surface area contributed by atoms with Crippen LogP contribution in [0.15, 0.2) is 46.9 Å². The standard InChI is InChI=1S/C16H14BrNO3/c17-12-6-5-10(9-14(12)19)16(20)18-13-7-8-21-15-4-2-1-3-11(13)15/h1-6,9,13,19H,7-8H2,(H,18,20). The number of amides is 1. The Balaban J connectivity index is 1.81. The number of hydrogen-bond acceptors (Lipinski definition) is 3. The topological polar surface area (TPSA) is 58.6 Å². The van der Waals surface area contributed by atoms with E-state index in [-0.39, 0.29) is 17.7 Å². The largest absolute Gasteiger partial charge is 0.507 e. The van der Waals surface area contributed by atoms with Gasteiger partial charge in [0.05, 0.1) is 17.1 Å². The minimum atomic E-state index is -0.209. The number of halogens is 1. The first kappa shape index (κ1) is 13.9. The summed E-state index contributed by atoms with van der Waals surface area (Å²) < 4.78 is 6.14. The van der Waals surface area contributed by atoms with E-state index in [1.54, 1.807) is 12.1 Å². The first-order valence-electron chi connectivity index (χ1n) is 6.66. The Hall–Kier alpha value is -2.01. The van der Waals surface area contributed by atoms with Gasteiger partial charge in [0.2, 0.25) is 0 Å². The predicted molar refractivity (Wildman–Crippen MR) is 82.6 cm³/mol. The molecule has 1 atom stereocenters. The van der Waals surface area contributed by atoms with Crippen LogP contribution >= 0.6 is 15.9 Å². The zero-order chi connectivity index (χ0) is 14.8. The number of ether oxygens (including phenoxy) is 1. The van der Waals surface area contributed by atoms with Crippen LogP contribution in [0.3, 0.4) is 0 Å². The highest BCUT2D eigenvalue weighted by Gasteiger charge is 2.23. The monoisotopic (exact) mass is 347 g/mol. The third-order valence-corrected chi connectivity index (χ3v) is 4.14. The lowest BCUT2D eigenvalue weighted by Gasteiger charge is -2.26. The number of rotatable bonds is 2. The lowest BCUT2D eigenvalue weighted by Crippen LogP contribution is -2.32. The molecule has 1 amide bonds. The summed E-state index contributed by atoms with van der Waals surface area (Å²) in [4.78, 5) is 12.3. The van der Waals surface area contributed by atoms with E-state index < -0.39 is 0 Å². The van der Waals surface area contributed by atoms with E-state index in [0.717, 1.165) is 17.7 Å². The van der Waals surface area contributed by atoms with Gasteiger partial charge in [-0.1, -0.05) is 18.2 Å². The molecule has 1 unspecified atom stereocenters. The fraction of sp³-hybridized carbons (Fsp3) is 0.188. The van der Waals surface area contributed by atoms with Gasteiger partial charge in [-0.25, -0.2) is 0 Å². The van der Waals surface area contributed by atoms with Crippen LogP contribution in [0, 0.1) is 0 Å². The first-order chi connectivity index (χ1) is 10.1. The average molecular weight is 348 g/mol. The van der Waals surface area contributed by atoms with E-state index in [1.165, 1.54) is 6.07 Å². The van der Waals surface area contributed by atoms with E-state index in [0.29, 0.717) is 16.6 Å². The second-order valence-corrected chi connectivity index (χ2v) is 5.72. The Kier molecular flexibility index (Phi) is 3.84. The maximum Gasteiger partial charge on any atom is 0.251 e. The van der Waals surface area contributed by atoms with Gasteiger partial charge < -0.3 is 15.2 Å². The normalized spacial score (nSPS) is 16.7. The number of aromatic hydroxyl groups is 1. The molecule has 2 aromatic carbocycles. The molecule has 0 spiro atoms. The highest BCUT2D eigenvalue weighted by Crippen LogP contribution is 2.32. The molecule has 2 N–H and O–H groups in total. The highest BCUT2D eigenvalue weighted by molar-refractivity contribution is 9.10. The summed E-state index contributed by atoms with van der Waals surface area (Å²) in [6, 6.07) is 12.4. The minimum Gasteiger partial charge on any atom is -0.507 e. The van der Waals surface area contributed by atoms with Crippen molar-refractivity contribution in [2.75, 3.05) is 6.61 Å². The highest BCUT2D eigenvalue weighted by atomic mass is 79.9. The Bertz CT molecular complexity index is 687. The van der Waals surface area contributed by atoms with Crippen molar-refractivity contribution in [2.24, 2.45) is 0 Å². The molecule has 0 saturated heterocycles. The average Bonchev–Trinajstić information content (AvgIpc) is 2.50. The Labute approximate surface area is 130 Å². The molecule has 0 radical (unpaired) electrons. The molecule has 0 saturated carbocycles. The molecule has 21 heavy (non-hydrogen) atoms. The van der Waals surface area contributed by atoms with Crippen molar-refractivity contribution in [1.82, 2.24) is 5.32 Å². The number of benzene rings is 2. The number of para-hydroxylation sites is 1. The van der Waals surface area contributed by atoms with Crippen molar-refractivity contribution in [3.05, 3.63) is 58.1 Å². The van der Waals surface area contributed by atoms with Gasteiger partial charge in [-0.15, -0.1) is 0 Å². The lowest BCUT2D eigenvalue weighted by atomic mass is 10.00. The molecule has 1 aliphatic rings. The molecule has 1 heterocycles. The maximum atomic E-state index is 12.3. The second-order valence-electron chi connectivity index (χ2n) is 4.87. The summed E-state index contributed by atoms with van der Waals surface area (Å²) in [6.45, 7) is 0.577. The van der Waals surface area contributed by atoms with Crippen LogP contribution in [0.2, 0.25) is 0 Å². The zero-order valence-electron chi connectivity index (χ0n) is 11.2. The third kappa shape index (κ3) is 2.88. The van der Waals surface area contributed by atoms with Crippen molar-refractivity contribution < 1.29 is 14.6 Å². The molecule has 108 valence electrons. The van der Waals surface area contributed by atoms with Gasteiger partial charge in [-0.05, 0) is 40.2 Å². The van der Waals surface area contributed by atoms with Gasteiger partial charge in [-0.3, -0.25) is 4.79 Å². The smallest absolute Gasteiger partial charge is 0.251 e. The van der Waals surface area contributed by atoms with Crippen molar-refractivity contribution in [2.45, 2.75) is 12.5 Å². The molecule has 5 heteroatoms. The molecule has 1 aliphatic heterocycles. The Morgan fingerprint density at radius 2 is 2.10 bits per heavy atom. The molecule has 2 aromatic rings. The molecule has 4 nitrogen and oxygen atoms in total. The van der Waals surface area contributed by atoms with E-state index >= 15 is 0 Å². The fourth-order valence-electron chi connectivity index (χ4n) is 2.39. The van der Waals surface area contributed by atoms with Crippen molar-refractivity contribution in [3.63, 3.8) is 0 Å². The van der Waals surface area contributed by atoms with Gasteiger partial charge in [0.25, 0.3) is 5.91 Å². The molecule has 0 fully saturated rings. The van der Waals surface area contributed by atoms with Gasteiger partial charge in [0.1, 0.15) is 11.5 Å². The van der Waals surface area contributed by atoms with E-state index in [1.807, 2.05) is 24.3 Å². The van der Waals surface area contributed by atoms with E-state index in [4.69, 9.17) is 4.74 Å². The summed E-state index contributed by atoms with van der Waals surface area (Å²) in [5.41, 5.74) is 1.41. The number of phenols is 1. The molecular formula is C16H14BrNO3. The molecule has 0 aromatic heterocycles. The number of phenolic OH excluding ortho intramolecular Hbond substituents is 1. The molecular weight excluding hydrogens is 334 g/mol. The molecule has 0 aliphatic carbocycles. The van der Waals surface area contributed by atoms with Gasteiger partial charge in [0, 0.05) is 17.5 Å². The lowest BCUT2D eigenvalue weighted by molar-refractivity contribution is 0.0924. The van der Waals surface area contributed by atoms with Gasteiger partial charge in [0.15, 0.2) is 0 Å². The molecule has 0 bridgehead atoms. The third-order valence-electron chi connectivity index (χ3n) is 3.47. The van der Waals surface area contributed by atoms with Crippen LogP contribution in [-0.2, 0) is 0 Å². The van der Waals surface area contributed by atoms with Crippen LogP contribution in [0.25, 0.3) is 0 Å².